The molecule has 2 N–H and O–H groups in total. The van der Waals surface area contributed by atoms with E-state index in [9.17, 15) is 14.6 Å². The summed E-state index contributed by atoms with van der Waals surface area (Å²) in [6.07, 6.45) is 9.98. The predicted molar refractivity (Wildman–Crippen MR) is 108 cm³/mol. The van der Waals surface area contributed by atoms with E-state index < -0.39 is 12.3 Å². The van der Waals surface area contributed by atoms with Crippen molar-refractivity contribution in [3.05, 3.63) is 47.5 Å². The number of hydrogen-bond acceptors (Lipinski definition) is 2. The van der Waals surface area contributed by atoms with E-state index >= 15 is 0 Å². The summed E-state index contributed by atoms with van der Waals surface area (Å²) in [6.45, 7) is 2.17. The van der Waals surface area contributed by atoms with Gasteiger partial charge in [0, 0.05) is 6.42 Å². The Balaban J connectivity index is 1.50. The predicted octanol–water partition coefficient (Wildman–Crippen LogP) is 5.01. The van der Waals surface area contributed by atoms with E-state index in [1.165, 1.54) is 24.0 Å². The Morgan fingerprint density at radius 3 is 2.52 bits per heavy atom. The largest absolute Gasteiger partial charge is 0.393 e. The zero-order chi connectivity index (χ0) is 19.2. The van der Waals surface area contributed by atoms with Gasteiger partial charge in [0.25, 0.3) is 0 Å². The van der Waals surface area contributed by atoms with Crippen LogP contribution in [-0.2, 0) is 12.8 Å². The minimum absolute atomic E-state index is 0.00847. The molecule has 5 atom stereocenters. The number of unbranched alkanes of at least 4 members (excludes halogenated alkanes) is 2. The highest BCUT2D eigenvalue weighted by Gasteiger charge is 2.42. The van der Waals surface area contributed by atoms with Crippen LogP contribution in [0.2, 0.25) is 0 Å². The van der Waals surface area contributed by atoms with Gasteiger partial charge in [-0.05, 0) is 67.4 Å². The number of allylic oxidation sites excluding steroid dienone is 2. The second-order valence-corrected chi connectivity index (χ2v) is 8.58. The summed E-state index contributed by atoms with van der Waals surface area (Å²) in [5.41, 5.74) is 2.69. The normalized spacial score (nSPS) is 29.5. The first kappa shape index (κ1) is 20.5. The quantitative estimate of drug-likeness (QED) is 0.471. The van der Waals surface area contributed by atoms with E-state index in [1.807, 2.05) is 0 Å². The second-order valence-electron chi connectivity index (χ2n) is 8.58. The second kappa shape index (κ2) is 9.84. The third-order valence-electron chi connectivity index (χ3n) is 6.70. The van der Waals surface area contributed by atoms with Crippen LogP contribution < -0.4 is 0 Å². The molecule has 2 nitrogen and oxygen atoms in total. The molecule has 1 aromatic rings. The Bertz CT molecular complexity index is 589. The molecule has 0 bridgehead atoms. The van der Waals surface area contributed by atoms with Crippen molar-refractivity contribution in [2.45, 2.75) is 83.1 Å². The number of aliphatic hydroxyl groups is 2. The van der Waals surface area contributed by atoms with Crippen LogP contribution in [0.3, 0.4) is 0 Å². The Hall–Kier alpha value is -1.19. The summed E-state index contributed by atoms with van der Waals surface area (Å²) in [6, 6.07) is 8.40. The summed E-state index contributed by atoms with van der Waals surface area (Å²) in [7, 11) is 0. The molecule has 0 spiro atoms. The van der Waals surface area contributed by atoms with Crippen LogP contribution in [-0.4, -0.2) is 28.6 Å². The van der Waals surface area contributed by atoms with E-state index in [0.29, 0.717) is 12.8 Å². The van der Waals surface area contributed by atoms with Gasteiger partial charge in [0.1, 0.15) is 6.17 Å². The van der Waals surface area contributed by atoms with Crippen molar-refractivity contribution in [1.82, 2.24) is 0 Å². The van der Waals surface area contributed by atoms with Crippen LogP contribution in [0.15, 0.2) is 36.4 Å². The van der Waals surface area contributed by atoms with Gasteiger partial charge < -0.3 is 10.2 Å². The molecule has 3 heteroatoms. The monoisotopic (exact) mass is 374 g/mol. The molecule has 1 saturated carbocycles. The number of alkyl halides is 1. The van der Waals surface area contributed by atoms with Gasteiger partial charge in [-0.1, -0.05) is 56.2 Å². The van der Waals surface area contributed by atoms with E-state index in [1.54, 1.807) is 0 Å². The average Bonchev–Trinajstić information content (AvgIpc) is 3.20. The lowest BCUT2D eigenvalue weighted by molar-refractivity contribution is 0.0786. The van der Waals surface area contributed by atoms with E-state index in [0.717, 1.165) is 25.7 Å². The zero-order valence-corrected chi connectivity index (χ0v) is 16.6. The smallest absolute Gasteiger partial charge is 0.106 e. The van der Waals surface area contributed by atoms with Gasteiger partial charge in [0.2, 0.25) is 0 Å². The minimum Gasteiger partial charge on any atom is -0.393 e. The van der Waals surface area contributed by atoms with Crippen molar-refractivity contribution in [2.24, 2.45) is 17.8 Å². The molecule has 27 heavy (non-hydrogen) atoms. The molecule has 0 aliphatic heterocycles. The summed E-state index contributed by atoms with van der Waals surface area (Å²) >= 11 is 0. The van der Waals surface area contributed by atoms with Gasteiger partial charge >= 0.3 is 0 Å². The maximum absolute atomic E-state index is 14.5. The third kappa shape index (κ3) is 5.20. The van der Waals surface area contributed by atoms with Gasteiger partial charge in [0.05, 0.1) is 12.2 Å². The van der Waals surface area contributed by atoms with Crippen LogP contribution >= 0.6 is 0 Å². The first-order valence-corrected chi connectivity index (χ1v) is 10.8. The van der Waals surface area contributed by atoms with Crippen LogP contribution in [0, 0.1) is 17.8 Å². The molecular weight excluding hydrogens is 339 g/mol. The Labute approximate surface area is 163 Å². The van der Waals surface area contributed by atoms with Crippen molar-refractivity contribution in [1.29, 1.82) is 0 Å². The van der Waals surface area contributed by atoms with Crippen molar-refractivity contribution in [3.8, 4) is 0 Å². The van der Waals surface area contributed by atoms with Crippen LogP contribution in [0.4, 0.5) is 4.39 Å². The van der Waals surface area contributed by atoms with Crippen LogP contribution in [0.1, 0.15) is 63.0 Å². The van der Waals surface area contributed by atoms with Gasteiger partial charge in [-0.25, -0.2) is 4.39 Å². The number of hydrogen-bond donors (Lipinski definition) is 2. The van der Waals surface area contributed by atoms with Crippen LogP contribution in [0.5, 0.6) is 0 Å². The van der Waals surface area contributed by atoms with Gasteiger partial charge in [0.15, 0.2) is 0 Å². The average molecular weight is 375 g/mol. The minimum atomic E-state index is -0.943. The standard InChI is InChI=1S/C24H35FO2/c1-2-3-4-5-6-11-21-20(22(25)16-24(21)27)12-13-23(26)19-14-17-9-7-8-10-18(17)15-19/h5-10,19-24,26-27H,2-4,11-16H2,1H3/b6-5+. The number of halogens is 1. The van der Waals surface area contributed by atoms with Crippen molar-refractivity contribution < 1.29 is 14.6 Å². The fourth-order valence-corrected chi connectivity index (χ4v) is 5.02. The maximum atomic E-state index is 14.5. The van der Waals surface area contributed by atoms with Gasteiger partial charge in [-0.15, -0.1) is 0 Å². The highest BCUT2D eigenvalue weighted by Crippen LogP contribution is 2.41. The third-order valence-corrected chi connectivity index (χ3v) is 6.70. The molecule has 3 rings (SSSR count). The summed E-state index contributed by atoms with van der Waals surface area (Å²) in [4.78, 5) is 0. The van der Waals surface area contributed by atoms with Crippen LogP contribution in [0.25, 0.3) is 0 Å². The number of fused-ring (bicyclic) bond motifs is 1. The fraction of sp³-hybridized carbons (Fsp3) is 0.667. The molecule has 0 heterocycles. The lowest BCUT2D eigenvalue weighted by atomic mass is 9.84. The Morgan fingerprint density at radius 2 is 1.85 bits per heavy atom. The zero-order valence-electron chi connectivity index (χ0n) is 16.6. The first-order valence-electron chi connectivity index (χ1n) is 10.8. The van der Waals surface area contributed by atoms with Gasteiger partial charge in [-0.2, -0.15) is 0 Å². The first-order chi connectivity index (χ1) is 13.1. The SMILES string of the molecule is CCCC/C=C/CC1C(O)CC(F)C1CCC(O)C1Cc2ccccc2C1. The number of benzene rings is 1. The molecule has 2 aliphatic carbocycles. The summed E-state index contributed by atoms with van der Waals surface area (Å²) in [5.74, 6) is 0.110. The van der Waals surface area contributed by atoms with Crippen molar-refractivity contribution in [2.75, 3.05) is 0 Å². The Kier molecular flexibility index (Phi) is 7.49. The summed E-state index contributed by atoms with van der Waals surface area (Å²) < 4.78 is 14.5. The van der Waals surface area contributed by atoms with Crippen molar-refractivity contribution in [3.63, 3.8) is 0 Å². The molecular formula is C24H35FO2. The highest BCUT2D eigenvalue weighted by atomic mass is 19.1. The number of rotatable bonds is 9. The molecule has 0 amide bonds. The molecule has 0 radical (unpaired) electrons. The Morgan fingerprint density at radius 1 is 1.15 bits per heavy atom. The van der Waals surface area contributed by atoms with Gasteiger partial charge in [-0.3, -0.25) is 0 Å². The lowest BCUT2D eigenvalue weighted by Crippen LogP contribution is -2.25. The molecule has 150 valence electrons. The topological polar surface area (TPSA) is 40.5 Å². The molecule has 2 aliphatic rings. The van der Waals surface area contributed by atoms with E-state index in [2.05, 4.69) is 43.3 Å². The fourth-order valence-electron chi connectivity index (χ4n) is 5.02. The van der Waals surface area contributed by atoms with E-state index in [-0.39, 0.29) is 30.3 Å². The molecule has 5 unspecified atom stereocenters. The molecule has 1 aromatic carbocycles. The molecule has 1 fully saturated rings. The maximum Gasteiger partial charge on any atom is 0.106 e. The van der Waals surface area contributed by atoms with E-state index in [4.69, 9.17) is 0 Å². The molecule has 0 aromatic heterocycles. The highest BCUT2D eigenvalue weighted by molar-refractivity contribution is 5.32. The summed E-state index contributed by atoms with van der Waals surface area (Å²) in [5, 5.41) is 21.0. The lowest BCUT2D eigenvalue weighted by Gasteiger charge is -2.24. The molecule has 0 saturated heterocycles. The number of aliphatic hydroxyl groups excluding tert-OH is 2. The van der Waals surface area contributed by atoms with Crippen molar-refractivity contribution >= 4 is 0 Å².